The van der Waals surface area contributed by atoms with Crippen LogP contribution in [0.15, 0.2) is 71.5 Å². The summed E-state index contributed by atoms with van der Waals surface area (Å²) < 4.78 is 19.5. The molecule has 2 atom stereocenters. The zero-order chi connectivity index (χ0) is 29.6. The Morgan fingerprint density at radius 2 is 1.81 bits per heavy atom. The Hall–Kier alpha value is -4.23. The number of carboxylic acids is 1. The molecule has 1 unspecified atom stereocenters. The molecule has 0 amide bonds. The summed E-state index contributed by atoms with van der Waals surface area (Å²) in [6, 6.07) is 18.1. The number of hydrogen-bond donors (Lipinski definition) is 1. The summed E-state index contributed by atoms with van der Waals surface area (Å²) >= 11 is 0. The molecule has 0 radical (unpaired) electrons. The summed E-state index contributed by atoms with van der Waals surface area (Å²) in [5, 5.41) is 13.2. The molecular weight excluding hydrogens is 544 g/mol. The van der Waals surface area contributed by atoms with Gasteiger partial charge in [0.2, 0.25) is 0 Å². The first kappa shape index (κ1) is 28.9. The van der Waals surface area contributed by atoms with Crippen molar-refractivity contribution in [3.05, 3.63) is 95.2 Å². The van der Waals surface area contributed by atoms with E-state index < -0.39 is 5.97 Å². The lowest BCUT2D eigenvalue weighted by Gasteiger charge is -2.38. The number of benzene rings is 2. The molecule has 2 fully saturated rings. The monoisotopic (exact) mass is 580 g/mol. The molecule has 0 saturated carbocycles. The van der Waals surface area contributed by atoms with E-state index in [1.54, 1.807) is 6.20 Å². The third-order valence-electron chi connectivity index (χ3n) is 7.87. The SMILES string of the molecule is C[C@H](OC1CCCCO1)c1nccn1Cc1cc(-c2ccc(C#Cc3ccc(CN4CC(CC(=O)O)C4)cc3)cc2)on1. The molecule has 6 rings (SSSR count). The lowest BCUT2D eigenvalue weighted by molar-refractivity contribution is -0.188. The van der Waals surface area contributed by atoms with Gasteiger partial charge in [-0.25, -0.2) is 4.98 Å². The summed E-state index contributed by atoms with van der Waals surface area (Å²) in [4.78, 5) is 17.6. The first-order valence-corrected chi connectivity index (χ1v) is 14.9. The first-order valence-electron chi connectivity index (χ1n) is 14.9. The Morgan fingerprint density at radius 3 is 2.51 bits per heavy atom. The molecule has 2 aromatic heterocycles. The molecule has 0 aliphatic carbocycles. The molecule has 0 spiro atoms. The fourth-order valence-electron chi connectivity index (χ4n) is 5.61. The van der Waals surface area contributed by atoms with Crippen molar-refractivity contribution in [2.24, 2.45) is 5.92 Å². The van der Waals surface area contributed by atoms with Crippen LogP contribution in [0.2, 0.25) is 0 Å². The topological polar surface area (TPSA) is 103 Å². The quantitative estimate of drug-likeness (QED) is 0.246. The van der Waals surface area contributed by atoms with Gasteiger partial charge in [0.1, 0.15) is 17.6 Å². The van der Waals surface area contributed by atoms with Gasteiger partial charge < -0.3 is 23.7 Å². The zero-order valence-corrected chi connectivity index (χ0v) is 24.3. The van der Waals surface area contributed by atoms with E-state index in [1.807, 2.05) is 60.2 Å². The van der Waals surface area contributed by atoms with E-state index in [0.29, 0.717) is 12.3 Å². The van der Waals surface area contributed by atoms with Crippen molar-refractivity contribution in [3.63, 3.8) is 0 Å². The van der Waals surface area contributed by atoms with Crippen LogP contribution in [0.4, 0.5) is 0 Å². The lowest BCUT2D eigenvalue weighted by Crippen LogP contribution is -2.46. The highest BCUT2D eigenvalue weighted by atomic mass is 16.7. The van der Waals surface area contributed by atoms with Gasteiger partial charge in [-0.2, -0.15) is 0 Å². The summed E-state index contributed by atoms with van der Waals surface area (Å²) in [6.45, 7) is 5.80. The predicted octanol–water partition coefficient (Wildman–Crippen LogP) is 5.50. The lowest BCUT2D eigenvalue weighted by atomic mass is 9.95. The van der Waals surface area contributed by atoms with Gasteiger partial charge in [-0.3, -0.25) is 9.69 Å². The van der Waals surface area contributed by atoms with Crippen molar-refractivity contribution in [2.45, 2.75) is 58.1 Å². The number of carboxylic acid groups (broad SMARTS) is 1. The van der Waals surface area contributed by atoms with E-state index in [-0.39, 0.29) is 24.7 Å². The number of imidazole rings is 1. The minimum absolute atomic E-state index is 0.177. The van der Waals surface area contributed by atoms with Crippen LogP contribution in [-0.4, -0.2) is 56.7 Å². The predicted molar refractivity (Wildman–Crippen MR) is 160 cm³/mol. The maximum absolute atomic E-state index is 10.8. The van der Waals surface area contributed by atoms with E-state index in [0.717, 1.165) is 73.7 Å². The fraction of sp³-hybridized carbons (Fsp3) is 0.382. The second-order valence-electron chi connectivity index (χ2n) is 11.4. The van der Waals surface area contributed by atoms with Crippen LogP contribution < -0.4 is 0 Å². The molecule has 9 nitrogen and oxygen atoms in total. The standard InChI is InChI=1S/C34H36N4O5/c1-24(42-33-4-2-3-17-41-33)34-35-15-16-38(34)23-30-19-31(43-36-30)29-13-11-26(12-14-29)6-5-25-7-9-27(10-8-25)20-37-21-28(22-37)18-32(39)40/h7-16,19,24,28,33H,2-4,17-18,20-23H2,1H3,(H,39,40)/t24-,33?/m0/s1. The van der Waals surface area contributed by atoms with Gasteiger partial charge >= 0.3 is 5.97 Å². The molecule has 1 N–H and O–H groups in total. The summed E-state index contributed by atoms with van der Waals surface area (Å²) in [5.74, 6) is 7.55. The van der Waals surface area contributed by atoms with Gasteiger partial charge in [0.15, 0.2) is 12.1 Å². The van der Waals surface area contributed by atoms with Gasteiger partial charge in [0.25, 0.3) is 0 Å². The van der Waals surface area contributed by atoms with Crippen molar-refractivity contribution in [3.8, 4) is 23.2 Å². The van der Waals surface area contributed by atoms with Crippen molar-refractivity contribution in [1.29, 1.82) is 0 Å². The normalized spacial score (nSPS) is 18.0. The molecule has 9 heteroatoms. The number of aromatic nitrogens is 3. The highest BCUT2D eigenvalue weighted by Crippen LogP contribution is 2.25. The minimum Gasteiger partial charge on any atom is -0.481 e. The smallest absolute Gasteiger partial charge is 0.303 e. The number of likely N-dealkylation sites (tertiary alicyclic amines) is 1. The van der Waals surface area contributed by atoms with Gasteiger partial charge in [-0.05, 0) is 74.1 Å². The Labute approximate surface area is 251 Å². The fourth-order valence-corrected chi connectivity index (χ4v) is 5.61. The van der Waals surface area contributed by atoms with Crippen LogP contribution in [0.25, 0.3) is 11.3 Å². The van der Waals surface area contributed by atoms with E-state index in [1.165, 1.54) is 5.56 Å². The second-order valence-corrected chi connectivity index (χ2v) is 11.4. The molecule has 2 aromatic carbocycles. The minimum atomic E-state index is -0.716. The molecular formula is C34H36N4O5. The number of aliphatic carboxylic acids is 1. The highest BCUT2D eigenvalue weighted by molar-refractivity contribution is 5.67. The zero-order valence-electron chi connectivity index (χ0n) is 24.3. The highest BCUT2D eigenvalue weighted by Gasteiger charge is 2.28. The van der Waals surface area contributed by atoms with Crippen LogP contribution in [0.5, 0.6) is 0 Å². The van der Waals surface area contributed by atoms with Crippen molar-refractivity contribution < 1.29 is 23.9 Å². The van der Waals surface area contributed by atoms with Crippen LogP contribution in [0.3, 0.4) is 0 Å². The van der Waals surface area contributed by atoms with E-state index >= 15 is 0 Å². The average Bonchev–Trinajstić information content (AvgIpc) is 3.66. The van der Waals surface area contributed by atoms with Gasteiger partial charge in [-0.15, -0.1) is 0 Å². The van der Waals surface area contributed by atoms with Crippen LogP contribution in [0.1, 0.15) is 66.9 Å². The molecule has 2 aliphatic heterocycles. The molecule has 2 saturated heterocycles. The molecule has 4 aromatic rings. The molecule has 2 aliphatic rings. The van der Waals surface area contributed by atoms with E-state index in [4.69, 9.17) is 19.1 Å². The molecule has 0 bridgehead atoms. The summed E-state index contributed by atoms with van der Waals surface area (Å²) in [7, 11) is 0. The largest absolute Gasteiger partial charge is 0.481 e. The maximum Gasteiger partial charge on any atom is 0.303 e. The Bertz CT molecular complexity index is 1570. The number of carbonyl (C=O) groups is 1. The van der Waals surface area contributed by atoms with Crippen LogP contribution >= 0.6 is 0 Å². The number of nitrogens with zero attached hydrogens (tertiary/aromatic N) is 4. The maximum atomic E-state index is 10.8. The van der Waals surface area contributed by atoms with Crippen LogP contribution in [-0.2, 0) is 27.4 Å². The Morgan fingerprint density at radius 1 is 1.07 bits per heavy atom. The Balaban J connectivity index is 1.02. The Kier molecular flexibility index (Phi) is 8.99. The van der Waals surface area contributed by atoms with Crippen molar-refractivity contribution in [1.82, 2.24) is 19.6 Å². The van der Waals surface area contributed by atoms with Gasteiger partial charge in [0.05, 0.1) is 13.0 Å². The average molecular weight is 581 g/mol. The van der Waals surface area contributed by atoms with Gasteiger partial charge in [0, 0.05) is 61.4 Å². The summed E-state index contributed by atoms with van der Waals surface area (Å²) in [6.07, 6.45) is 6.71. The van der Waals surface area contributed by atoms with E-state index in [9.17, 15) is 4.79 Å². The summed E-state index contributed by atoms with van der Waals surface area (Å²) in [5.41, 5.74) is 4.80. The molecule has 4 heterocycles. The third-order valence-corrected chi connectivity index (χ3v) is 7.87. The van der Waals surface area contributed by atoms with E-state index in [2.05, 4.69) is 39.0 Å². The second kappa shape index (κ2) is 13.4. The van der Waals surface area contributed by atoms with Gasteiger partial charge in [-0.1, -0.05) is 29.1 Å². The first-order chi connectivity index (χ1) is 21.0. The number of hydrogen-bond acceptors (Lipinski definition) is 7. The third kappa shape index (κ3) is 7.59. The van der Waals surface area contributed by atoms with Crippen LogP contribution in [0, 0.1) is 17.8 Å². The molecule has 43 heavy (non-hydrogen) atoms. The molecule has 222 valence electrons. The number of ether oxygens (including phenoxy) is 2. The van der Waals surface area contributed by atoms with Crippen molar-refractivity contribution in [2.75, 3.05) is 19.7 Å². The van der Waals surface area contributed by atoms with Crippen molar-refractivity contribution >= 4 is 5.97 Å². The number of rotatable bonds is 10.